The standard InChI is InChI=1S/C22H21FN6OS/c1-27(13-16-12-24-29(14-16)19-6-4-3-5-7-19)20(30)15-31-22-26-25-21(28(22)2)17-8-10-18(23)11-9-17/h3-12,14H,13,15H2,1-2H3. The maximum absolute atomic E-state index is 13.1. The number of carbonyl (C=O) groups is 1. The number of para-hydroxylation sites is 1. The van der Waals surface area contributed by atoms with Gasteiger partial charge in [-0.05, 0) is 36.4 Å². The Morgan fingerprint density at radius 3 is 2.58 bits per heavy atom. The van der Waals surface area contributed by atoms with E-state index in [-0.39, 0.29) is 17.5 Å². The van der Waals surface area contributed by atoms with Crippen LogP contribution in [0.3, 0.4) is 0 Å². The van der Waals surface area contributed by atoms with E-state index >= 15 is 0 Å². The van der Waals surface area contributed by atoms with Crippen molar-refractivity contribution in [3.63, 3.8) is 0 Å². The van der Waals surface area contributed by atoms with Crippen LogP contribution >= 0.6 is 11.8 Å². The quantitative estimate of drug-likeness (QED) is 0.415. The second-order valence-electron chi connectivity index (χ2n) is 7.04. The number of rotatable bonds is 7. The highest BCUT2D eigenvalue weighted by molar-refractivity contribution is 7.99. The monoisotopic (exact) mass is 436 g/mol. The van der Waals surface area contributed by atoms with Gasteiger partial charge in [0.25, 0.3) is 0 Å². The van der Waals surface area contributed by atoms with Crippen LogP contribution < -0.4 is 0 Å². The molecule has 0 unspecified atom stereocenters. The molecule has 9 heteroatoms. The molecule has 0 saturated heterocycles. The average Bonchev–Trinajstić information content (AvgIpc) is 3.40. The summed E-state index contributed by atoms with van der Waals surface area (Å²) in [6, 6.07) is 15.9. The third-order valence-corrected chi connectivity index (χ3v) is 5.77. The number of halogens is 1. The lowest BCUT2D eigenvalue weighted by atomic mass is 10.2. The third kappa shape index (κ3) is 4.83. The van der Waals surface area contributed by atoms with Gasteiger partial charge in [0.15, 0.2) is 11.0 Å². The molecule has 0 radical (unpaired) electrons. The highest BCUT2D eigenvalue weighted by Crippen LogP contribution is 2.23. The molecule has 0 fully saturated rings. The van der Waals surface area contributed by atoms with Gasteiger partial charge in [0.05, 0.1) is 17.6 Å². The highest BCUT2D eigenvalue weighted by atomic mass is 32.2. The molecule has 0 spiro atoms. The molecular formula is C22H21FN6OS. The number of benzene rings is 2. The van der Waals surface area contributed by atoms with Gasteiger partial charge in [-0.25, -0.2) is 9.07 Å². The molecule has 4 rings (SSSR count). The summed E-state index contributed by atoms with van der Waals surface area (Å²) in [6.45, 7) is 0.464. The summed E-state index contributed by atoms with van der Waals surface area (Å²) in [6.07, 6.45) is 3.69. The van der Waals surface area contributed by atoms with E-state index < -0.39 is 0 Å². The minimum atomic E-state index is -0.302. The van der Waals surface area contributed by atoms with Gasteiger partial charge in [-0.3, -0.25) is 4.79 Å². The van der Waals surface area contributed by atoms with Gasteiger partial charge in [0, 0.05) is 38.0 Å². The first-order valence-corrected chi connectivity index (χ1v) is 10.6. The Labute approximate surface area is 183 Å². The van der Waals surface area contributed by atoms with Crippen molar-refractivity contribution < 1.29 is 9.18 Å². The van der Waals surface area contributed by atoms with E-state index in [9.17, 15) is 9.18 Å². The largest absolute Gasteiger partial charge is 0.341 e. The lowest BCUT2D eigenvalue weighted by Gasteiger charge is -2.15. The Morgan fingerprint density at radius 2 is 1.84 bits per heavy atom. The van der Waals surface area contributed by atoms with E-state index in [0.29, 0.717) is 17.5 Å². The number of hydrogen-bond acceptors (Lipinski definition) is 5. The minimum absolute atomic E-state index is 0.0243. The smallest absolute Gasteiger partial charge is 0.233 e. The summed E-state index contributed by atoms with van der Waals surface area (Å²) in [4.78, 5) is 14.3. The Hall–Kier alpha value is -3.46. The van der Waals surface area contributed by atoms with Crippen molar-refractivity contribution in [3.05, 3.63) is 78.4 Å². The number of aromatic nitrogens is 5. The van der Waals surface area contributed by atoms with Crippen molar-refractivity contribution in [1.29, 1.82) is 0 Å². The Morgan fingerprint density at radius 1 is 1.10 bits per heavy atom. The van der Waals surface area contributed by atoms with Crippen molar-refractivity contribution >= 4 is 17.7 Å². The third-order valence-electron chi connectivity index (χ3n) is 4.76. The number of carbonyl (C=O) groups excluding carboxylic acids is 1. The van der Waals surface area contributed by atoms with Gasteiger partial charge >= 0.3 is 0 Å². The van der Waals surface area contributed by atoms with Crippen LogP contribution in [0.5, 0.6) is 0 Å². The number of thioether (sulfide) groups is 1. The van der Waals surface area contributed by atoms with E-state index in [1.807, 2.05) is 43.6 Å². The molecule has 0 aliphatic carbocycles. The summed E-state index contributed by atoms with van der Waals surface area (Å²) in [5.41, 5.74) is 2.68. The Kier molecular flexibility index (Phi) is 6.13. The number of amides is 1. The Bertz CT molecular complexity index is 1170. The van der Waals surface area contributed by atoms with Crippen molar-refractivity contribution in [1.82, 2.24) is 29.4 Å². The fourth-order valence-corrected chi connectivity index (χ4v) is 3.90. The van der Waals surface area contributed by atoms with Gasteiger partial charge in [0.2, 0.25) is 5.91 Å². The zero-order valence-electron chi connectivity index (χ0n) is 17.1. The average molecular weight is 437 g/mol. The molecule has 7 nitrogen and oxygen atoms in total. The second-order valence-corrected chi connectivity index (χ2v) is 7.98. The van der Waals surface area contributed by atoms with Crippen LogP contribution in [-0.4, -0.2) is 48.2 Å². The van der Waals surface area contributed by atoms with Crippen molar-refractivity contribution in [2.75, 3.05) is 12.8 Å². The lowest BCUT2D eigenvalue weighted by molar-refractivity contribution is -0.127. The number of nitrogens with zero attached hydrogens (tertiary/aromatic N) is 6. The number of hydrogen-bond donors (Lipinski definition) is 0. The van der Waals surface area contributed by atoms with E-state index in [0.717, 1.165) is 16.8 Å². The Balaban J connectivity index is 1.35. The van der Waals surface area contributed by atoms with Crippen LogP contribution in [0.15, 0.2) is 72.1 Å². The molecule has 2 aromatic heterocycles. The highest BCUT2D eigenvalue weighted by Gasteiger charge is 2.16. The molecule has 0 aliphatic heterocycles. The van der Waals surface area contributed by atoms with Gasteiger partial charge < -0.3 is 9.47 Å². The molecule has 2 heterocycles. The fraction of sp³-hybridized carbons (Fsp3) is 0.182. The summed E-state index contributed by atoms with van der Waals surface area (Å²) in [7, 11) is 3.59. The summed E-state index contributed by atoms with van der Waals surface area (Å²) >= 11 is 1.32. The van der Waals surface area contributed by atoms with E-state index in [1.165, 1.54) is 23.9 Å². The maximum Gasteiger partial charge on any atom is 0.233 e. The zero-order chi connectivity index (χ0) is 21.8. The fourth-order valence-electron chi connectivity index (χ4n) is 3.05. The van der Waals surface area contributed by atoms with E-state index in [2.05, 4.69) is 15.3 Å². The van der Waals surface area contributed by atoms with Crippen molar-refractivity contribution in [3.8, 4) is 17.1 Å². The molecular weight excluding hydrogens is 415 g/mol. The molecule has 0 N–H and O–H groups in total. The second kappa shape index (κ2) is 9.13. The van der Waals surface area contributed by atoms with Crippen LogP contribution in [0.4, 0.5) is 4.39 Å². The van der Waals surface area contributed by atoms with Crippen molar-refractivity contribution in [2.45, 2.75) is 11.7 Å². The first kappa shape index (κ1) is 20.8. The molecule has 2 aromatic carbocycles. The van der Waals surface area contributed by atoms with Crippen LogP contribution in [-0.2, 0) is 18.4 Å². The first-order chi connectivity index (χ1) is 15.0. The minimum Gasteiger partial charge on any atom is -0.341 e. The maximum atomic E-state index is 13.1. The molecule has 4 aromatic rings. The SMILES string of the molecule is CN(Cc1cnn(-c2ccccc2)c1)C(=O)CSc1nnc(-c2ccc(F)cc2)n1C. The molecule has 0 atom stereocenters. The molecule has 0 aliphatic rings. The van der Waals surface area contributed by atoms with Crippen LogP contribution in [0, 0.1) is 5.82 Å². The van der Waals surface area contributed by atoms with Crippen LogP contribution in [0.1, 0.15) is 5.56 Å². The summed E-state index contributed by atoms with van der Waals surface area (Å²) < 4.78 is 16.7. The van der Waals surface area contributed by atoms with Crippen LogP contribution in [0.25, 0.3) is 17.1 Å². The predicted octanol–water partition coefficient (Wildman–Crippen LogP) is 3.56. The summed E-state index contributed by atoms with van der Waals surface area (Å²) in [5.74, 6) is 0.530. The van der Waals surface area contributed by atoms with Gasteiger partial charge in [-0.2, -0.15) is 5.10 Å². The first-order valence-electron chi connectivity index (χ1n) is 9.62. The topological polar surface area (TPSA) is 68.8 Å². The predicted molar refractivity (Wildman–Crippen MR) is 117 cm³/mol. The van der Waals surface area contributed by atoms with E-state index in [1.54, 1.807) is 39.5 Å². The van der Waals surface area contributed by atoms with Crippen molar-refractivity contribution in [2.24, 2.45) is 7.05 Å². The zero-order valence-corrected chi connectivity index (χ0v) is 18.0. The summed E-state index contributed by atoms with van der Waals surface area (Å²) in [5, 5.41) is 13.3. The molecule has 0 bridgehead atoms. The van der Waals surface area contributed by atoms with Gasteiger partial charge in [0.1, 0.15) is 5.82 Å². The molecule has 0 saturated carbocycles. The normalized spacial score (nSPS) is 10.9. The van der Waals surface area contributed by atoms with E-state index in [4.69, 9.17) is 0 Å². The molecule has 158 valence electrons. The van der Waals surface area contributed by atoms with Gasteiger partial charge in [-0.15, -0.1) is 10.2 Å². The van der Waals surface area contributed by atoms with Crippen LogP contribution in [0.2, 0.25) is 0 Å². The van der Waals surface area contributed by atoms with Gasteiger partial charge in [-0.1, -0.05) is 30.0 Å². The lowest BCUT2D eigenvalue weighted by Crippen LogP contribution is -2.27. The molecule has 1 amide bonds. The molecule has 31 heavy (non-hydrogen) atoms.